The van der Waals surface area contributed by atoms with E-state index in [4.69, 9.17) is 16.3 Å². The Balaban J connectivity index is 1.65. The van der Waals surface area contributed by atoms with Crippen LogP contribution in [-0.4, -0.2) is 0 Å². The van der Waals surface area contributed by atoms with Gasteiger partial charge in [-0.15, -0.1) is 0 Å². The van der Waals surface area contributed by atoms with Gasteiger partial charge < -0.3 is 4.74 Å². The van der Waals surface area contributed by atoms with Crippen molar-refractivity contribution in [1.29, 1.82) is 0 Å². The molecule has 3 aromatic carbocycles. The number of benzene rings is 3. The molecule has 0 spiro atoms. The van der Waals surface area contributed by atoms with Crippen LogP contribution in [0.3, 0.4) is 0 Å². The highest BCUT2D eigenvalue weighted by atomic mass is 35.5. The first-order valence-electron chi connectivity index (χ1n) is 8.06. The summed E-state index contributed by atoms with van der Waals surface area (Å²) in [4.78, 5) is 0. The molecule has 0 aliphatic heterocycles. The Morgan fingerprint density at radius 3 is 2.12 bits per heavy atom. The smallest absolute Gasteiger partial charge is 0.122 e. The number of ether oxygens (including phenoxy) is 1. The van der Waals surface area contributed by atoms with Crippen LogP contribution in [0.4, 0.5) is 11.4 Å². The molecule has 126 valence electrons. The van der Waals surface area contributed by atoms with Crippen molar-refractivity contribution in [3.8, 4) is 5.75 Å². The Hall–Kier alpha value is -2.65. The molecule has 4 heteroatoms. The molecule has 0 atom stereocenters. The number of hydrogen-bond acceptors (Lipinski definition) is 3. The largest absolute Gasteiger partial charge is 0.489 e. The molecule has 0 N–H and O–H groups in total. The Bertz CT molecular complexity index is 871. The van der Waals surface area contributed by atoms with Crippen LogP contribution >= 0.6 is 11.6 Å². The molecule has 0 saturated carbocycles. The second-order valence-corrected chi connectivity index (χ2v) is 6.34. The number of azo groups is 1. The van der Waals surface area contributed by atoms with Gasteiger partial charge in [-0.3, -0.25) is 0 Å². The van der Waals surface area contributed by atoms with Gasteiger partial charge in [-0.2, -0.15) is 10.2 Å². The van der Waals surface area contributed by atoms with Gasteiger partial charge >= 0.3 is 0 Å². The number of aryl methyl sites for hydroxylation is 2. The molecule has 25 heavy (non-hydrogen) atoms. The van der Waals surface area contributed by atoms with E-state index in [1.807, 2.05) is 80.6 Å². The minimum absolute atomic E-state index is 0.502. The summed E-state index contributed by atoms with van der Waals surface area (Å²) in [5.74, 6) is 0.837. The van der Waals surface area contributed by atoms with Crippen LogP contribution in [0.1, 0.15) is 16.7 Å². The van der Waals surface area contributed by atoms with Gasteiger partial charge in [-0.25, -0.2) is 0 Å². The SMILES string of the molecule is Cc1ccc(N=Nc2ccc(OCc3ccc(Cl)cc3)c(C)c2)cc1. The van der Waals surface area contributed by atoms with E-state index in [2.05, 4.69) is 10.2 Å². The fourth-order valence-corrected chi connectivity index (χ4v) is 2.45. The van der Waals surface area contributed by atoms with E-state index in [-0.39, 0.29) is 0 Å². The highest BCUT2D eigenvalue weighted by Crippen LogP contribution is 2.26. The molecular formula is C21H19ClN2O. The maximum atomic E-state index is 5.89. The minimum atomic E-state index is 0.502. The summed E-state index contributed by atoms with van der Waals surface area (Å²) in [6.07, 6.45) is 0. The molecule has 0 bridgehead atoms. The zero-order valence-electron chi connectivity index (χ0n) is 14.2. The third-order valence-electron chi connectivity index (χ3n) is 3.78. The van der Waals surface area contributed by atoms with E-state index in [1.165, 1.54) is 5.56 Å². The molecule has 0 saturated heterocycles. The van der Waals surface area contributed by atoms with Crippen LogP contribution in [0.2, 0.25) is 5.02 Å². The molecule has 0 unspecified atom stereocenters. The lowest BCUT2D eigenvalue weighted by Crippen LogP contribution is -1.96. The molecule has 3 aromatic rings. The van der Waals surface area contributed by atoms with Crippen molar-refractivity contribution in [2.75, 3.05) is 0 Å². The summed E-state index contributed by atoms with van der Waals surface area (Å²) in [6.45, 7) is 4.55. The van der Waals surface area contributed by atoms with Gasteiger partial charge in [0.25, 0.3) is 0 Å². The second kappa shape index (κ2) is 7.95. The molecule has 3 rings (SSSR count). The number of hydrogen-bond donors (Lipinski definition) is 0. The summed E-state index contributed by atoms with van der Waals surface area (Å²) in [7, 11) is 0. The monoisotopic (exact) mass is 350 g/mol. The molecule has 0 aromatic heterocycles. The van der Waals surface area contributed by atoms with E-state index >= 15 is 0 Å². The lowest BCUT2D eigenvalue weighted by molar-refractivity contribution is 0.304. The molecule has 3 nitrogen and oxygen atoms in total. The molecular weight excluding hydrogens is 332 g/mol. The Labute approximate surface area is 153 Å². The highest BCUT2D eigenvalue weighted by Gasteiger charge is 2.02. The quantitative estimate of drug-likeness (QED) is 0.458. The van der Waals surface area contributed by atoms with E-state index in [1.54, 1.807) is 0 Å². The van der Waals surface area contributed by atoms with Gasteiger partial charge in [0.15, 0.2) is 0 Å². The van der Waals surface area contributed by atoms with E-state index in [9.17, 15) is 0 Å². The normalized spacial score (nSPS) is 11.0. The predicted molar refractivity (Wildman–Crippen MR) is 102 cm³/mol. The first-order valence-corrected chi connectivity index (χ1v) is 8.44. The summed E-state index contributed by atoms with van der Waals surface area (Å²) >= 11 is 5.89. The molecule has 0 aliphatic rings. The summed E-state index contributed by atoms with van der Waals surface area (Å²) in [5, 5.41) is 9.28. The lowest BCUT2D eigenvalue weighted by Gasteiger charge is -2.09. The van der Waals surface area contributed by atoms with Gasteiger partial charge in [0.2, 0.25) is 0 Å². The summed E-state index contributed by atoms with van der Waals surface area (Å²) in [6, 6.07) is 21.4. The van der Waals surface area contributed by atoms with Crippen LogP contribution in [-0.2, 0) is 6.61 Å². The highest BCUT2D eigenvalue weighted by molar-refractivity contribution is 6.30. The number of rotatable bonds is 5. The van der Waals surface area contributed by atoms with Crippen molar-refractivity contribution in [2.24, 2.45) is 10.2 Å². The van der Waals surface area contributed by atoms with Crippen molar-refractivity contribution >= 4 is 23.0 Å². The average molecular weight is 351 g/mol. The first kappa shape index (κ1) is 17.2. The van der Waals surface area contributed by atoms with Crippen LogP contribution in [0.15, 0.2) is 77.0 Å². The Morgan fingerprint density at radius 2 is 1.44 bits per heavy atom. The second-order valence-electron chi connectivity index (χ2n) is 5.90. The van der Waals surface area contributed by atoms with E-state index in [0.29, 0.717) is 6.61 Å². The maximum absolute atomic E-state index is 5.89. The molecule has 0 amide bonds. The Morgan fingerprint density at radius 1 is 0.800 bits per heavy atom. The van der Waals surface area contributed by atoms with Crippen molar-refractivity contribution in [3.05, 3.63) is 88.4 Å². The number of halogens is 1. The zero-order valence-corrected chi connectivity index (χ0v) is 15.0. The topological polar surface area (TPSA) is 34.0 Å². The average Bonchev–Trinajstić information content (AvgIpc) is 2.62. The molecule has 0 aliphatic carbocycles. The van der Waals surface area contributed by atoms with Crippen LogP contribution in [0.5, 0.6) is 5.75 Å². The van der Waals surface area contributed by atoms with Crippen molar-refractivity contribution in [1.82, 2.24) is 0 Å². The van der Waals surface area contributed by atoms with Gasteiger partial charge in [-0.05, 0) is 67.4 Å². The van der Waals surface area contributed by atoms with E-state index in [0.717, 1.165) is 33.3 Å². The minimum Gasteiger partial charge on any atom is -0.489 e. The summed E-state index contributed by atoms with van der Waals surface area (Å²) in [5.41, 5.74) is 4.95. The predicted octanol–water partition coefficient (Wildman–Crippen LogP) is 6.95. The maximum Gasteiger partial charge on any atom is 0.122 e. The lowest BCUT2D eigenvalue weighted by atomic mass is 10.2. The Kier molecular flexibility index (Phi) is 5.46. The molecule has 0 heterocycles. The third kappa shape index (κ3) is 4.91. The third-order valence-corrected chi connectivity index (χ3v) is 4.03. The van der Waals surface area contributed by atoms with E-state index < -0.39 is 0 Å². The fourth-order valence-electron chi connectivity index (χ4n) is 2.33. The summed E-state index contributed by atoms with van der Waals surface area (Å²) < 4.78 is 5.88. The van der Waals surface area contributed by atoms with Gasteiger partial charge in [-0.1, -0.05) is 41.4 Å². The van der Waals surface area contributed by atoms with Crippen molar-refractivity contribution < 1.29 is 4.74 Å². The van der Waals surface area contributed by atoms with Gasteiger partial charge in [0.1, 0.15) is 12.4 Å². The van der Waals surface area contributed by atoms with Crippen LogP contribution in [0, 0.1) is 13.8 Å². The van der Waals surface area contributed by atoms with Crippen LogP contribution < -0.4 is 4.74 Å². The molecule has 0 fully saturated rings. The van der Waals surface area contributed by atoms with Gasteiger partial charge in [0.05, 0.1) is 11.4 Å². The van der Waals surface area contributed by atoms with Crippen LogP contribution in [0.25, 0.3) is 0 Å². The standard InChI is InChI=1S/C21H19ClN2O/c1-15-3-9-19(10-4-15)23-24-20-11-12-21(16(2)13-20)25-14-17-5-7-18(22)8-6-17/h3-13H,14H2,1-2H3. The van der Waals surface area contributed by atoms with Crippen molar-refractivity contribution in [2.45, 2.75) is 20.5 Å². The van der Waals surface area contributed by atoms with Gasteiger partial charge in [0, 0.05) is 5.02 Å². The first-order chi connectivity index (χ1) is 12.1. The molecule has 0 radical (unpaired) electrons. The van der Waals surface area contributed by atoms with Crippen molar-refractivity contribution in [3.63, 3.8) is 0 Å². The fraction of sp³-hybridized carbons (Fsp3) is 0.143. The zero-order chi connectivity index (χ0) is 17.6. The number of nitrogens with zero attached hydrogens (tertiary/aromatic N) is 2.